The molecule has 6 nitrogen and oxygen atoms in total. The van der Waals surface area contributed by atoms with Crippen LogP contribution in [0, 0.1) is 0 Å². The Hall–Kier alpha value is -1.95. The van der Waals surface area contributed by atoms with Crippen LogP contribution in [0.4, 0.5) is 0 Å². The number of fused-ring (bicyclic) bond motifs is 1. The molecule has 0 amide bonds. The van der Waals surface area contributed by atoms with Crippen molar-refractivity contribution >= 4 is 11.2 Å². The van der Waals surface area contributed by atoms with E-state index in [1.54, 1.807) is 17.7 Å². The van der Waals surface area contributed by atoms with Gasteiger partial charge in [-0.05, 0) is 18.9 Å². The minimum atomic E-state index is -0.126. The van der Waals surface area contributed by atoms with Crippen LogP contribution in [0.25, 0.3) is 11.2 Å². The quantitative estimate of drug-likeness (QED) is 0.911. The Kier molecular flexibility index (Phi) is 4.68. The van der Waals surface area contributed by atoms with Crippen molar-refractivity contribution in [2.24, 2.45) is 0 Å². The zero-order valence-corrected chi connectivity index (χ0v) is 12.9. The summed E-state index contributed by atoms with van der Waals surface area (Å²) in [7, 11) is 1.57. The highest BCUT2D eigenvalue weighted by Crippen LogP contribution is 2.17. The van der Waals surface area contributed by atoms with E-state index in [2.05, 4.69) is 15.3 Å². The molecule has 0 unspecified atom stereocenters. The molecule has 2 aromatic heterocycles. The van der Waals surface area contributed by atoms with Crippen molar-refractivity contribution in [1.29, 1.82) is 0 Å². The summed E-state index contributed by atoms with van der Waals surface area (Å²) in [4.78, 5) is 20.6. The molecule has 2 heterocycles. The molecule has 0 radical (unpaired) electrons. The van der Waals surface area contributed by atoms with Gasteiger partial charge in [-0.25, -0.2) is 4.98 Å². The Morgan fingerprint density at radius 3 is 2.91 bits per heavy atom. The van der Waals surface area contributed by atoms with E-state index >= 15 is 0 Å². The smallest absolute Gasteiger partial charge is 0.270 e. The van der Waals surface area contributed by atoms with Gasteiger partial charge in [0, 0.05) is 25.2 Å². The average Bonchev–Trinajstić information content (AvgIpc) is 2.57. The summed E-state index contributed by atoms with van der Waals surface area (Å²) in [6, 6.07) is 4.16. The van der Waals surface area contributed by atoms with Crippen molar-refractivity contribution in [1.82, 2.24) is 19.9 Å². The summed E-state index contributed by atoms with van der Waals surface area (Å²) < 4.78 is 6.81. The first-order valence-corrected chi connectivity index (χ1v) is 7.92. The minimum absolute atomic E-state index is 0.126. The lowest BCUT2D eigenvalue weighted by molar-refractivity contribution is 0.367. The molecule has 1 aliphatic rings. The van der Waals surface area contributed by atoms with Crippen LogP contribution in [0.3, 0.4) is 0 Å². The molecule has 2 aromatic rings. The number of methoxy groups -OCH3 is 1. The van der Waals surface area contributed by atoms with Crippen LogP contribution in [0.2, 0.25) is 0 Å². The molecular formula is C16H22N4O2. The number of nitrogens with one attached hydrogen (secondary N) is 1. The third-order valence-electron chi connectivity index (χ3n) is 4.25. The fourth-order valence-electron chi connectivity index (χ4n) is 3.04. The van der Waals surface area contributed by atoms with Gasteiger partial charge in [0.25, 0.3) is 5.56 Å². The molecule has 1 aliphatic carbocycles. The van der Waals surface area contributed by atoms with Gasteiger partial charge in [-0.1, -0.05) is 19.3 Å². The maximum absolute atomic E-state index is 12.1. The number of nitrogens with zero attached hydrogens (tertiary/aromatic N) is 3. The zero-order valence-electron chi connectivity index (χ0n) is 12.9. The van der Waals surface area contributed by atoms with Crippen LogP contribution in [0.15, 0.2) is 23.1 Å². The Morgan fingerprint density at radius 1 is 1.32 bits per heavy atom. The molecule has 6 heteroatoms. The lowest BCUT2D eigenvalue weighted by Gasteiger charge is -2.23. The van der Waals surface area contributed by atoms with Crippen molar-refractivity contribution in [3.8, 4) is 5.88 Å². The van der Waals surface area contributed by atoms with Crippen LogP contribution >= 0.6 is 0 Å². The molecule has 22 heavy (non-hydrogen) atoms. The molecule has 118 valence electrons. The fourth-order valence-corrected chi connectivity index (χ4v) is 3.04. The van der Waals surface area contributed by atoms with Gasteiger partial charge in [0.2, 0.25) is 5.88 Å². The standard InChI is InChI=1S/C16H22N4O2/c1-22-14-8-7-13-16(19-14)20(15(21)11-18-13)10-9-17-12-5-3-2-4-6-12/h7-8,11-12,17H,2-6,9-10H2,1H3. The number of aromatic nitrogens is 3. The summed E-state index contributed by atoms with van der Waals surface area (Å²) in [5, 5.41) is 3.55. The predicted octanol–water partition coefficient (Wildman–Crippen LogP) is 1.72. The first-order chi connectivity index (χ1) is 10.8. The Balaban J connectivity index is 1.76. The van der Waals surface area contributed by atoms with Crippen LogP contribution in [-0.2, 0) is 6.54 Å². The summed E-state index contributed by atoms with van der Waals surface area (Å²) in [5.41, 5.74) is 1.16. The molecular weight excluding hydrogens is 280 g/mol. The zero-order chi connectivity index (χ0) is 15.4. The van der Waals surface area contributed by atoms with E-state index < -0.39 is 0 Å². The molecule has 0 spiro atoms. The van der Waals surface area contributed by atoms with Crippen LogP contribution in [0.1, 0.15) is 32.1 Å². The SMILES string of the molecule is COc1ccc2ncc(=O)n(CCNC3CCCCC3)c2n1. The van der Waals surface area contributed by atoms with E-state index in [0.717, 1.165) is 6.54 Å². The summed E-state index contributed by atoms with van der Waals surface area (Å²) in [6.07, 6.45) is 7.77. The Morgan fingerprint density at radius 2 is 2.14 bits per heavy atom. The van der Waals surface area contributed by atoms with Gasteiger partial charge in [0.15, 0.2) is 5.65 Å². The summed E-state index contributed by atoms with van der Waals surface area (Å²) >= 11 is 0. The normalized spacial score (nSPS) is 16.0. The highest BCUT2D eigenvalue weighted by atomic mass is 16.5. The average molecular weight is 302 g/mol. The first-order valence-electron chi connectivity index (χ1n) is 7.92. The second-order valence-electron chi connectivity index (χ2n) is 5.73. The maximum Gasteiger partial charge on any atom is 0.270 e. The number of ether oxygens (including phenoxy) is 1. The van der Waals surface area contributed by atoms with E-state index in [0.29, 0.717) is 29.6 Å². The molecule has 0 aliphatic heterocycles. The molecule has 1 fully saturated rings. The van der Waals surface area contributed by atoms with Crippen molar-refractivity contribution in [2.45, 2.75) is 44.7 Å². The molecule has 0 aromatic carbocycles. The highest BCUT2D eigenvalue weighted by molar-refractivity contribution is 5.70. The van der Waals surface area contributed by atoms with Crippen LogP contribution < -0.4 is 15.6 Å². The Bertz CT molecular complexity index is 692. The lowest BCUT2D eigenvalue weighted by atomic mass is 9.95. The van der Waals surface area contributed by atoms with Gasteiger partial charge in [0.1, 0.15) is 5.52 Å². The summed E-state index contributed by atoms with van der Waals surface area (Å²) in [5.74, 6) is 0.494. The van der Waals surface area contributed by atoms with Gasteiger partial charge in [-0.3, -0.25) is 9.36 Å². The Labute approximate surface area is 129 Å². The monoisotopic (exact) mass is 302 g/mol. The molecule has 0 bridgehead atoms. The van der Waals surface area contributed by atoms with Gasteiger partial charge in [-0.2, -0.15) is 4.98 Å². The number of hydrogen-bond donors (Lipinski definition) is 1. The van der Waals surface area contributed by atoms with E-state index in [4.69, 9.17) is 4.74 Å². The topological polar surface area (TPSA) is 69.0 Å². The minimum Gasteiger partial charge on any atom is -0.481 e. The number of rotatable bonds is 5. The van der Waals surface area contributed by atoms with Gasteiger partial charge in [0.05, 0.1) is 13.3 Å². The molecule has 0 saturated heterocycles. The maximum atomic E-state index is 12.1. The van der Waals surface area contributed by atoms with E-state index in [1.165, 1.54) is 38.3 Å². The number of pyridine rings is 1. The van der Waals surface area contributed by atoms with Crippen LogP contribution in [-0.4, -0.2) is 34.2 Å². The van der Waals surface area contributed by atoms with Crippen LogP contribution in [0.5, 0.6) is 5.88 Å². The van der Waals surface area contributed by atoms with Gasteiger partial charge < -0.3 is 10.1 Å². The van der Waals surface area contributed by atoms with E-state index in [-0.39, 0.29) is 5.56 Å². The molecule has 1 saturated carbocycles. The number of hydrogen-bond acceptors (Lipinski definition) is 5. The molecule has 3 rings (SSSR count). The lowest BCUT2D eigenvalue weighted by Crippen LogP contribution is -2.35. The molecule has 1 N–H and O–H groups in total. The second kappa shape index (κ2) is 6.87. The van der Waals surface area contributed by atoms with Gasteiger partial charge in [-0.15, -0.1) is 0 Å². The van der Waals surface area contributed by atoms with E-state index in [9.17, 15) is 4.79 Å². The third kappa shape index (κ3) is 3.27. The van der Waals surface area contributed by atoms with E-state index in [1.807, 2.05) is 6.07 Å². The van der Waals surface area contributed by atoms with Gasteiger partial charge >= 0.3 is 0 Å². The first kappa shape index (κ1) is 15.0. The van der Waals surface area contributed by atoms with Crippen molar-refractivity contribution in [2.75, 3.05) is 13.7 Å². The van der Waals surface area contributed by atoms with Crippen molar-refractivity contribution in [3.05, 3.63) is 28.7 Å². The second-order valence-corrected chi connectivity index (χ2v) is 5.73. The van der Waals surface area contributed by atoms with Crippen molar-refractivity contribution in [3.63, 3.8) is 0 Å². The van der Waals surface area contributed by atoms with Crippen molar-refractivity contribution < 1.29 is 4.74 Å². The highest BCUT2D eigenvalue weighted by Gasteiger charge is 2.13. The largest absolute Gasteiger partial charge is 0.481 e. The fraction of sp³-hybridized carbons (Fsp3) is 0.562. The summed E-state index contributed by atoms with van der Waals surface area (Å²) in [6.45, 7) is 1.36. The predicted molar refractivity (Wildman–Crippen MR) is 85.2 cm³/mol. The molecule has 0 atom stereocenters. The third-order valence-corrected chi connectivity index (χ3v) is 4.25.